The van der Waals surface area contributed by atoms with Gasteiger partial charge in [0.05, 0.1) is 18.7 Å². The summed E-state index contributed by atoms with van der Waals surface area (Å²) in [5.41, 5.74) is 5.66. The number of aliphatic carboxylic acids is 2. The van der Waals surface area contributed by atoms with E-state index >= 15 is 0 Å². The molecule has 0 aliphatic heterocycles. The van der Waals surface area contributed by atoms with E-state index in [1.807, 2.05) is 13.8 Å². The monoisotopic (exact) mass is 570 g/mol. The third kappa shape index (κ3) is 11.9. The van der Waals surface area contributed by atoms with Crippen LogP contribution in [0, 0.1) is 5.82 Å². The number of hydrogen-bond acceptors (Lipinski definition) is 7. The van der Waals surface area contributed by atoms with Gasteiger partial charge in [0.2, 0.25) is 11.8 Å². The van der Waals surface area contributed by atoms with Gasteiger partial charge in [-0.1, -0.05) is 37.6 Å². The molecule has 2 aromatic rings. The Hall–Kier alpha value is -4.07. The lowest BCUT2D eigenvalue weighted by Gasteiger charge is -2.29. The van der Waals surface area contributed by atoms with Crippen molar-refractivity contribution in [1.29, 1.82) is 0 Å². The Labute approximate surface area is 229 Å². The van der Waals surface area contributed by atoms with E-state index in [1.165, 1.54) is 24.3 Å². The number of nitrogens with zero attached hydrogens (tertiary/aromatic N) is 2. The van der Waals surface area contributed by atoms with Gasteiger partial charge < -0.3 is 36.5 Å². The molecule has 2 rings (SSSR count). The highest BCUT2D eigenvalue weighted by Crippen LogP contribution is 2.27. The normalized spacial score (nSPS) is 9.97. The fraction of sp³-hybridized carbons (Fsp3) is 0.320. The van der Waals surface area contributed by atoms with Crippen LogP contribution in [0.3, 0.4) is 0 Å². The van der Waals surface area contributed by atoms with Gasteiger partial charge in [-0.25, -0.2) is 14.0 Å². The molecule has 0 atom stereocenters. The molecule has 0 spiro atoms. The van der Waals surface area contributed by atoms with Gasteiger partial charge in [0, 0.05) is 29.4 Å². The van der Waals surface area contributed by atoms with Crippen molar-refractivity contribution >= 4 is 46.8 Å². The molecule has 0 heterocycles. The summed E-state index contributed by atoms with van der Waals surface area (Å²) in [6, 6.07) is 10.4. The summed E-state index contributed by atoms with van der Waals surface area (Å²) in [5.74, 6) is -5.91. The number of halogens is 2. The first-order valence-electron chi connectivity index (χ1n) is 11.5. The summed E-state index contributed by atoms with van der Waals surface area (Å²) in [6.45, 7) is 6.35. The zero-order chi connectivity index (χ0) is 28.8. The number of likely N-dealkylation sites (N-methyl/N-ethyl adjacent to an activating group) is 1. The predicted molar refractivity (Wildman–Crippen MR) is 142 cm³/mol. The van der Waals surface area contributed by atoms with Crippen LogP contribution >= 0.6 is 11.6 Å². The number of hydrogen-bond donors (Lipinski definition) is 4. The smallest absolute Gasteiger partial charge is 0.414 e. The van der Waals surface area contributed by atoms with E-state index in [0.717, 1.165) is 13.1 Å². The predicted octanol–water partition coefficient (Wildman–Crippen LogP) is 0.791. The molecule has 214 valence electrons. The first kappa shape index (κ1) is 34.9. The Morgan fingerprint density at radius 1 is 0.949 bits per heavy atom. The molecule has 0 radical (unpaired) electrons. The first-order chi connectivity index (χ1) is 17.9. The number of anilines is 1. The van der Waals surface area contributed by atoms with Crippen LogP contribution in [-0.2, 0) is 19.2 Å². The van der Waals surface area contributed by atoms with Crippen molar-refractivity contribution in [3.05, 3.63) is 64.4 Å². The number of rotatable bonds is 12. The number of carboxylic acid groups (broad SMARTS) is 2. The molecular formula is C25H32ClFN4O8. The second kappa shape index (κ2) is 17.4. The van der Waals surface area contributed by atoms with Crippen LogP contribution in [0.2, 0.25) is 5.02 Å². The van der Waals surface area contributed by atoms with Crippen molar-refractivity contribution in [2.45, 2.75) is 13.8 Å². The van der Waals surface area contributed by atoms with Crippen LogP contribution in [0.15, 0.2) is 42.5 Å². The highest BCUT2D eigenvalue weighted by atomic mass is 35.5. The lowest BCUT2D eigenvalue weighted by Crippen LogP contribution is -2.44. The number of amides is 2. The van der Waals surface area contributed by atoms with Crippen molar-refractivity contribution < 1.29 is 44.1 Å². The molecule has 7 N–H and O–H groups in total. The third-order valence-corrected chi connectivity index (χ3v) is 5.46. The van der Waals surface area contributed by atoms with Gasteiger partial charge in [0.1, 0.15) is 5.82 Å². The van der Waals surface area contributed by atoms with Crippen molar-refractivity contribution in [3.63, 3.8) is 0 Å². The van der Waals surface area contributed by atoms with Crippen LogP contribution in [0.25, 0.3) is 0 Å². The van der Waals surface area contributed by atoms with Crippen LogP contribution in [0.4, 0.5) is 10.1 Å². The average Bonchev–Trinajstić information content (AvgIpc) is 2.87. The topological polar surface area (TPSA) is 202 Å². The highest BCUT2D eigenvalue weighted by Gasteiger charge is 2.23. The van der Waals surface area contributed by atoms with Gasteiger partial charge in [-0.3, -0.25) is 14.4 Å². The summed E-state index contributed by atoms with van der Waals surface area (Å²) in [7, 11) is 0. The molecule has 14 heteroatoms. The summed E-state index contributed by atoms with van der Waals surface area (Å²) >= 11 is 6.15. The van der Waals surface area contributed by atoms with Gasteiger partial charge in [-0.2, -0.15) is 0 Å². The summed E-state index contributed by atoms with van der Waals surface area (Å²) in [6.07, 6.45) is 0. The van der Waals surface area contributed by atoms with Gasteiger partial charge in [-0.05, 0) is 43.4 Å². The molecule has 0 fully saturated rings. The zero-order valence-corrected chi connectivity index (χ0v) is 22.2. The Kier molecular flexibility index (Phi) is 15.6. The molecule has 12 nitrogen and oxygen atoms in total. The quantitative estimate of drug-likeness (QED) is 0.210. The van der Waals surface area contributed by atoms with Crippen LogP contribution in [-0.4, -0.2) is 89.4 Å². The fourth-order valence-electron chi connectivity index (χ4n) is 3.26. The molecule has 0 unspecified atom stereocenters. The van der Waals surface area contributed by atoms with Crippen LogP contribution < -0.4 is 16.0 Å². The highest BCUT2D eigenvalue weighted by molar-refractivity contribution is 6.31. The second-order valence-electron chi connectivity index (χ2n) is 7.77. The maximum Gasteiger partial charge on any atom is 0.414 e. The number of nitrogens with two attached hydrogens (primary N) is 1. The third-order valence-electron chi connectivity index (χ3n) is 5.22. The minimum Gasteiger partial charge on any atom is -0.473 e. The Bertz CT molecular complexity index is 1150. The molecule has 2 aromatic carbocycles. The van der Waals surface area contributed by atoms with E-state index in [0.29, 0.717) is 23.8 Å². The summed E-state index contributed by atoms with van der Waals surface area (Å²) in [5, 5.41) is 17.6. The molecule has 0 saturated heterocycles. The van der Waals surface area contributed by atoms with E-state index in [4.69, 9.17) is 37.1 Å². The standard InChI is InChI=1S/C23H28ClFN4O3.C2H2O4.H2O/c1-3-28(4-2)11-12-29(15-22(31)27-14-21(26)30)20-10-9-16(24)13-18(20)23(32)17-7-5-6-8-19(17)25;3-1(4)2(5)6;/h5-10,13H,3-4,11-12,14-15H2,1-2H3,(H2,26,30)(H,27,31);(H,3,4)(H,5,6);1H2. The number of carbonyl (C=O) groups is 5. The molecular weight excluding hydrogens is 539 g/mol. The molecule has 0 aliphatic carbocycles. The van der Waals surface area contributed by atoms with Crippen LogP contribution in [0.5, 0.6) is 0 Å². The van der Waals surface area contributed by atoms with Gasteiger partial charge in [0.25, 0.3) is 0 Å². The minimum atomic E-state index is -1.82. The Morgan fingerprint density at radius 2 is 1.54 bits per heavy atom. The number of benzene rings is 2. The lowest BCUT2D eigenvalue weighted by atomic mass is 10.0. The van der Waals surface area contributed by atoms with Crippen molar-refractivity contribution in [3.8, 4) is 0 Å². The molecule has 2 amide bonds. The van der Waals surface area contributed by atoms with Crippen LogP contribution in [0.1, 0.15) is 29.8 Å². The number of carbonyl (C=O) groups excluding carboxylic acids is 3. The van der Waals surface area contributed by atoms with E-state index < -0.39 is 35.4 Å². The van der Waals surface area contributed by atoms with E-state index in [1.54, 1.807) is 23.1 Å². The first-order valence-corrected chi connectivity index (χ1v) is 11.9. The fourth-order valence-corrected chi connectivity index (χ4v) is 3.43. The zero-order valence-electron chi connectivity index (χ0n) is 21.4. The molecule has 0 saturated carbocycles. The van der Waals surface area contributed by atoms with E-state index in [-0.39, 0.29) is 29.7 Å². The maximum absolute atomic E-state index is 14.3. The Balaban J connectivity index is 0.00000185. The minimum absolute atomic E-state index is 0. The van der Waals surface area contributed by atoms with Crippen molar-refractivity contribution in [2.75, 3.05) is 44.2 Å². The van der Waals surface area contributed by atoms with E-state index in [2.05, 4.69) is 10.2 Å². The van der Waals surface area contributed by atoms with Gasteiger partial charge in [0.15, 0.2) is 5.78 Å². The number of primary amides is 1. The lowest BCUT2D eigenvalue weighted by molar-refractivity contribution is -0.159. The van der Waals surface area contributed by atoms with Gasteiger partial charge >= 0.3 is 11.9 Å². The van der Waals surface area contributed by atoms with E-state index in [9.17, 15) is 18.8 Å². The molecule has 39 heavy (non-hydrogen) atoms. The average molecular weight is 571 g/mol. The Morgan fingerprint density at radius 3 is 2.05 bits per heavy atom. The van der Waals surface area contributed by atoms with Crippen molar-refractivity contribution in [1.82, 2.24) is 10.2 Å². The largest absolute Gasteiger partial charge is 0.473 e. The summed E-state index contributed by atoms with van der Waals surface area (Å²) in [4.78, 5) is 58.7. The van der Waals surface area contributed by atoms with Gasteiger partial charge in [-0.15, -0.1) is 0 Å². The molecule has 0 bridgehead atoms. The number of ketones is 1. The molecule has 0 aliphatic rings. The van der Waals surface area contributed by atoms with Crippen molar-refractivity contribution in [2.24, 2.45) is 5.73 Å². The number of nitrogens with one attached hydrogen (secondary N) is 1. The number of carboxylic acids is 2. The SMILES string of the molecule is CCN(CC)CCN(CC(=O)NCC(N)=O)c1ccc(Cl)cc1C(=O)c1ccccc1F.O.O=C(O)C(=O)O. The summed E-state index contributed by atoms with van der Waals surface area (Å²) < 4.78 is 14.3. The molecule has 0 aromatic heterocycles. The second-order valence-corrected chi connectivity index (χ2v) is 8.21. The maximum atomic E-state index is 14.3.